The molecule has 0 bridgehead atoms. The Labute approximate surface area is 248 Å². The minimum atomic E-state index is -0.854. The Morgan fingerprint density at radius 1 is 0.897 bits per heavy atom. The molecule has 39 heavy (non-hydrogen) atoms. The largest absolute Gasteiger partial charge is 1.00 e. The molecule has 1 N–H and O–H groups in total. The van der Waals surface area contributed by atoms with E-state index in [1.54, 1.807) is 0 Å². The number of rotatable bonds is 14. The van der Waals surface area contributed by atoms with Crippen LogP contribution in [0.25, 0.3) is 0 Å². The van der Waals surface area contributed by atoms with Gasteiger partial charge in [-0.05, 0) is 41.5 Å². The third-order valence-electron chi connectivity index (χ3n) is 8.00. The summed E-state index contributed by atoms with van der Waals surface area (Å²) in [7, 11) is 0. The number of unbranched alkanes of at least 4 members (excludes halogenated alkanes) is 8. The molecule has 0 saturated carbocycles. The molecule has 1 heterocycles. The van der Waals surface area contributed by atoms with Gasteiger partial charge in [-0.25, -0.2) is 4.79 Å². The first kappa shape index (κ1) is 33.1. The lowest BCUT2D eigenvalue weighted by Gasteiger charge is -2.22. The molecule has 0 unspecified atom stereocenters. The zero-order chi connectivity index (χ0) is 27.5. The summed E-state index contributed by atoms with van der Waals surface area (Å²) in [6, 6.07) is 15.8. The molecule has 1 aliphatic heterocycles. The number of carbonyl (C=O) groups is 1. The van der Waals surface area contributed by atoms with Crippen LogP contribution < -0.4 is 17.0 Å². The van der Waals surface area contributed by atoms with E-state index >= 15 is 0 Å². The highest BCUT2D eigenvalue weighted by molar-refractivity contribution is 5.99. The van der Waals surface area contributed by atoms with Crippen LogP contribution in [0.1, 0.15) is 121 Å². The first-order valence-electron chi connectivity index (χ1n) is 15.1. The van der Waals surface area contributed by atoms with Crippen molar-refractivity contribution in [3.8, 4) is 0 Å². The number of amides is 1. The first-order chi connectivity index (χ1) is 18.2. The molecule has 216 valence electrons. The van der Waals surface area contributed by atoms with Gasteiger partial charge in [0.05, 0.1) is 0 Å². The third kappa shape index (κ3) is 9.77. The predicted molar refractivity (Wildman–Crippen MR) is 160 cm³/mol. The van der Waals surface area contributed by atoms with E-state index in [-0.39, 0.29) is 22.4 Å². The fraction of sp³-hybridized carbons (Fsp3) is 0.588. The van der Waals surface area contributed by atoms with Crippen molar-refractivity contribution in [3.05, 3.63) is 64.7 Å². The van der Waals surface area contributed by atoms with E-state index < -0.39 is 6.09 Å². The summed E-state index contributed by atoms with van der Waals surface area (Å²) in [5.41, 5.74) is 8.00. The molecule has 0 atom stereocenters. The molecule has 2 aromatic rings. The Bertz CT molecular complexity index is 1070. The van der Waals surface area contributed by atoms with Gasteiger partial charge in [0, 0.05) is 43.6 Å². The van der Waals surface area contributed by atoms with Gasteiger partial charge < -0.3 is 27.0 Å². The molecule has 2 aromatic carbocycles. The normalized spacial score (nSPS) is 13.2. The lowest BCUT2D eigenvalue weighted by Crippen LogP contribution is -3.00. The Kier molecular flexibility index (Phi) is 13.7. The quantitative estimate of drug-likeness (QED) is 0.211. The second-order valence-corrected chi connectivity index (χ2v) is 12.0. The van der Waals surface area contributed by atoms with Gasteiger partial charge in [0.2, 0.25) is 5.69 Å². The third-order valence-corrected chi connectivity index (χ3v) is 8.00. The molecule has 4 nitrogen and oxygen atoms in total. The summed E-state index contributed by atoms with van der Waals surface area (Å²) in [5.74, 6) is 0. The molecule has 0 fully saturated rings. The van der Waals surface area contributed by atoms with Gasteiger partial charge in [0.15, 0.2) is 12.3 Å². The maximum atomic E-state index is 11.5. The molecular formula is C34H51BrN2O2. The Hall–Kier alpha value is -2.14. The molecule has 5 heteroatoms. The van der Waals surface area contributed by atoms with Gasteiger partial charge in [-0.15, -0.1) is 0 Å². The van der Waals surface area contributed by atoms with Crippen LogP contribution >= 0.6 is 0 Å². The van der Waals surface area contributed by atoms with E-state index in [0.717, 1.165) is 24.9 Å². The number of carboxylic acid groups (broad SMARTS) is 1. The van der Waals surface area contributed by atoms with Crippen molar-refractivity contribution in [2.75, 3.05) is 13.1 Å². The topological polar surface area (TPSA) is 43.5 Å². The minimum Gasteiger partial charge on any atom is -1.00 e. The maximum absolute atomic E-state index is 11.5. The zero-order valence-corrected chi connectivity index (χ0v) is 26.7. The van der Waals surface area contributed by atoms with Crippen LogP contribution in [-0.4, -0.2) is 39.5 Å². The van der Waals surface area contributed by atoms with Crippen LogP contribution in [0, 0.1) is 0 Å². The van der Waals surface area contributed by atoms with Crippen LogP contribution in [0.15, 0.2) is 42.5 Å². The Balaban J connectivity index is 0.00000533. The molecule has 0 aromatic heterocycles. The standard InChI is InChI=1S/C34H50N2O2.BrH/c1-6-8-9-10-11-12-13-14-15-16-32-31-22-17-27(26-35(7-2)33(37)38)25-28(31)23-24-36(32)30-20-18-29(19-21-30)34(3,4)5;/h17-22,25H,6-16,23-24,26H2,1-5H3;1H. The van der Waals surface area contributed by atoms with E-state index in [4.69, 9.17) is 0 Å². The van der Waals surface area contributed by atoms with E-state index in [9.17, 15) is 9.90 Å². The molecule has 1 amide bonds. The van der Waals surface area contributed by atoms with E-state index in [2.05, 4.69) is 74.7 Å². The van der Waals surface area contributed by atoms with Crippen molar-refractivity contribution in [2.45, 2.75) is 117 Å². The summed E-state index contributed by atoms with van der Waals surface area (Å²) in [6.45, 7) is 12.9. The zero-order valence-electron chi connectivity index (χ0n) is 25.1. The van der Waals surface area contributed by atoms with Crippen molar-refractivity contribution in [2.24, 2.45) is 0 Å². The monoisotopic (exact) mass is 598 g/mol. The van der Waals surface area contributed by atoms with Crippen molar-refractivity contribution in [3.63, 3.8) is 0 Å². The lowest BCUT2D eigenvalue weighted by molar-refractivity contribution is -0.442. The van der Waals surface area contributed by atoms with E-state index in [0.29, 0.717) is 13.1 Å². The van der Waals surface area contributed by atoms with Crippen molar-refractivity contribution >= 4 is 17.5 Å². The lowest BCUT2D eigenvalue weighted by atomic mass is 9.87. The minimum absolute atomic E-state index is 0. The van der Waals surface area contributed by atoms with Crippen molar-refractivity contribution in [1.29, 1.82) is 0 Å². The maximum Gasteiger partial charge on any atom is 0.407 e. The summed E-state index contributed by atoms with van der Waals surface area (Å²) in [5, 5.41) is 9.47. The summed E-state index contributed by atoms with van der Waals surface area (Å²) in [4.78, 5) is 13.0. The van der Waals surface area contributed by atoms with E-state index in [1.165, 1.54) is 90.8 Å². The second-order valence-electron chi connectivity index (χ2n) is 12.0. The molecule has 0 radical (unpaired) electrons. The molecular weight excluding hydrogens is 548 g/mol. The Morgan fingerprint density at radius 2 is 1.51 bits per heavy atom. The highest BCUT2D eigenvalue weighted by Crippen LogP contribution is 2.29. The average molecular weight is 600 g/mol. The van der Waals surface area contributed by atoms with Gasteiger partial charge in [0.1, 0.15) is 0 Å². The summed E-state index contributed by atoms with van der Waals surface area (Å²) < 4.78 is 2.54. The number of nitrogens with zero attached hydrogens (tertiary/aromatic N) is 2. The van der Waals surface area contributed by atoms with Crippen molar-refractivity contribution in [1.82, 2.24) is 4.90 Å². The SMILES string of the molecule is CCCCCCCCCCCC1=[N+](c2ccc(C(C)(C)C)cc2)CCc2cc(CN(CC)C(=O)O)ccc21.[Br-]. The van der Waals surface area contributed by atoms with Crippen LogP contribution in [0.2, 0.25) is 0 Å². The van der Waals surface area contributed by atoms with Gasteiger partial charge in [-0.3, -0.25) is 0 Å². The van der Waals surface area contributed by atoms with Crippen LogP contribution in [0.4, 0.5) is 10.5 Å². The summed E-state index contributed by atoms with van der Waals surface area (Å²) >= 11 is 0. The van der Waals surface area contributed by atoms with Crippen molar-refractivity contribution < 1.29 is 31.5 Å². The first-order valence-corrected chi connectivity index (χ1v) is 15.1. The molecule has 3 rings (SSSR count). The van der Waals surface area contributed by atoms with Crippen LogP contribution in [0.3, 0.4) is 0 Å². The van der Waals surface area contributed by atoms with Crippen LogP contribution in [-0.2, 0) is 18.4 Å². The fourth-order valence-electron chi connectivity index (χ4n) is 5.58. The number of hydrogen-bond donors (Lipinski definition) is 1. The van der Waals surface area contributed by atoms with E-state index in [1.807, 2.05) is 6.92 Å². The highest BCUT2D eigenvalue weighted by Gasteiger charge is 2.28. The number of halogens is 1. The Morgan fingerprint density at radius 3 is 2.08 bits per heavy atom. The van der Waals surface area contributed by atoms with Gasteiger partial charge >= 0.3 is 6.09 Å². The molecule has 0 saturated heterocycles. The number of fused-ring (bicyclic) bond motifs is 1. The summed E-state index contributed by atoms with van der Waals surface area (Å²) in [6.07, 6.45) is 13.2. The molecule has 0 aliphatic carbocycles. The smallest absolute Gasteiger partial charge is 0.407 e. The molecule has 0 spiro atoms. The highest BCUT2D eigenvalue weighted by atomic mass is 79.9. The number of hydrogen-bond acceptors (Lipinski definition) is 1. The van der Waals surface area contributed by atoms with Crippen LogP contribution in [0.5, 0.6) is 0 Å². The van der Waals surface area contributed by atoms with Gasteiger partial charge in [-0.1, -0.05) is 103 Å². The number of benzene rings is 2. The van der Waals surface area contributed by atoms with Gasteiger partial charge in [-0.2, -0.15) is 4.58 Å². The molecule has 1 aliphatic rings. The predicted octanol–water partition coefficient (Wildman–Crippen LogP) is 6.10. The average Bonchev–Trinajstić information content (AvgIpc) is 2.90. The fourth-order valence-corrected chi connectivity index (χ4v) is 5.58. The van der Waals surface area contributed by atoms with Gasteiger partial charge in [0.25, 0.3) is 0 Å². The second kappa shape index (κ2) is 16.2.